The van der Waals surface area contributed by atoms with Gasteiger partial charge in [0.25, 0.3) is 5.91 Å². The van der Waals surface area contributed by atoms with Gasteiger partial charge in [0.15, 0.2) is 16.9 Å². The molecule has 26 heavy (non-hydrogen) atoms. The lowest BCUT2D eigenvalue weighted by atomic mass is 10.2. The molecule has 1 aliphatic rings. The molecule has 0 bridgehead atoms. The van der Waals surface area contributed by atoms with Gasteiger partial charge < -0.3 is 31.4 Å². The van der Waals surface area contributed by atoms with E-state index < -0.39 is 29.3 Å². The van der Waals surface area contributed by atoms with E-state index >= 15 is 0 Å². The molecule has 140 valence electrons. The zero-order valence-electron chi connectivity index (χ0n) is 13.3. The van der Waals surface area contributed by atoms with Crippen molar-refractivity contribution in [2.24, 2.45) is 5.16 Å². The number of nitrogens with two attached hydrogens (primary N) is 1. The van der Waals surface area contributed by atoms with E-state index in [0.29, 0.717) is 0 Å². The summed E-state index contributed by atoms with van der Waals surface area (Å²) in [5, 5.41) is 27.7. The first-order valence-corrected chi connectivity index (χ1v) is 8.94. The Morgan fingerprint density at radius 3 is 2.77 bits per heavy atom. The maximum absolute atomic E-state index is 12.5. The average molecular weight is 401 g/mol. The van der Waals surface area contributed by atoms with Crippen LogP contribution in [0.4, 0.5) is 5.13 Å². The van der Waals surface area contributed by atoms with E-state index in [1.54, 1.807) is 0 Å². The van der Waals surface area contributed by atoms with E-state index in [9.17, 15) is 19.5 Å². The minimum atomic E-state index is -1.42. The van der Waals surface area contributed by atoms with Gasteiger partial charge in [-0.2, -0.15) is 0 Å². The predicted molar refractivity (Wildman–Crippen MR) is 94.7 cm³/mol. The first kappa shape index (κ1) is 19.5. The molecule has 0 unspecified atom stereocenters. The Hall–Kier alpha value is -2.80. The largest absolute Gasteiger partial charge is 0.480 e. The number of rotatable bonds is 7. The van der Waals surface area contributed by atoms with Crippen LogP contribution in [0.1, 0.15) is 5.69 Å². The standard InChI is InChI=1S/C13H15N5O6S2/c1-24-18-7(6-4-26-13(14)16-6)9(19)17-8(12(22)23)10-15-5(11(20)21)2-3-25-10/h2,4,8,10,15H,3H2,1H3,(H2,14,16)(H,17,19)(H,20,21)(H,22,23)/b18-7-/t8-,10-/m1/s1. The Labute approximate surface area is 155 Å². The number of carbonyl (C=O) groups is 3. The molecule has 0 saturated heterocycles. The molecule has 11 nitrogen and oxygen atoms in total. The van der Waals surface area contributed by atoms with Crippen molar-refractivity contribution < 1.29 is 29.4 Å². The highest BCUT2D eigenvalue weighted by Gasteiger charge is 2.34. The summed E-state index contributed by atoms with van der Waals surface area (Å²) in [6.45, 7) is 0. The monoisotopic (exact) mass is 401 g/mol. The summed E-state index contributed by atoms with van der Waals surface area (Å²) in [7, 11) is 1.22. The van der Waals surface area contributed by atoms with Gasteiger partial charge in [-0.05, 0) is 6.08 Å². The summed E-state index contributed by atoms with van der Waals surface area (Å²) in [5.74, 6) is -3.13. The lowest BCUT2D eigenvalue weighted by molar-refractivity contribution is -0.141. The number of oxime groups is 1. The number of thioether (sulfide) groups is 1. The number of anilines is 1. The third-order valence-electron chi connectivity index (χ3n) is 3.11. The minimum Gasteiger partial charge on any atom is -0.480 e. The molecule has 0 aromatic carbocycles. The summed E-state index contributed by atoms with van der Waals surface area (Å²) >= 11 is 2.21. The highest BCUT2D eigenvalue weighted by atomic mass is 32.2. The van der Waals surface area contributed by atoms with Crippen molar-refractivity contribution in [1.82, 2.24) is 15.6 Å². The average Bonchev–Trinajstić information content (AvgIpc) is 3.03. The molecule has 0 aliphatic carbocycles. The van der Waals surface area contributed by atoms with Gasteiger partial charge >= 0.3 is 11.9 Å². The van der Waals surface area contributed by atoms with Crippen molar-refractivity contribution in [3.63, 3.8) is 0 Å². The fourth-order valence-electron chi connectivity index (χ4n) is 1.99. The molecule has 0 fully saturated rings. The molecule has 2 rings (SSSR count). The summed E-state index contributed by atoms with van der Waals surface area (Å²) < 4.78 is 0. The van der Waals surface area contributed by atoms with Crippen LogP contribution >= 0.6 is 23.1 Å². The number of carboxylic acids is 2. The van der Waals surface area contributed by atoms with E-state index in [2.05, 4.69) is 25.6 Å². The molecule has 6 N–H and O–H groups in total. The van der Waals surface area contributed by atoms with Crippen molar-refractivity contribution in [3.05, 3.63) is 22.8 Å². The zero-order chi connectivity index (χ0) is 19.3. The third-order valence-corrected chi connectivity index (χ3v) is 4.89. The second kappa shape index (κ2) is 8.53. The number of nitrogens with zero attached hydrogens (tertiary/aromatic N) is 2. The van der Waals surface area contributed by atoms with Crippen molar-refractivity contribution in [2.75, 3.05) is 18.6 Å². The Kier molecular flexibility index (Phi) is 6.41. The van der Waals surface area contributed by atoms with Gasteiger partial charge in [0.1, 0.15) is 23.9 Å². The number of amides is 1. The fraction of sp³-hybridized carbons (Fsp3) is 0.308. The van der Waals surface area contributed by atoms with Crippen molar-refractivity contribution in [2.45, 2.75) is 11.4 Å². The summed E-state index contributed by atoms with van der Waals surface area (Å²) in [6, 6.07) is -1.42. The van der Waals surface area contributed by atoms with Crippen LogP contribution in [0, 0.1) is 0 Å². The van der Waals surface area contributed by atoms with Crippen molar-refractivity contribution in [1.29, 1.82) is 0 Å². The van der Waals surface area contributed by atoms with Crippen LogP contribution < -0.4 is 16.4 Å². The Bertz CT molecular complexity index is 777. The van der Waals surface area contributed by atoms with Crippen LogP contribution in [-0.2, 0) is 19.2 Å². The van der Waals surface area contributed by atoms with Crippen LogP contribution in [0.5, 0.6) is 0 Å². The fourth-order valence-corrected chi connectivity index (χ4v) is 3.59. The quantitative estimate of drug-likeness (QED) is 0.289. The minimum absolute atomic E-state index is 0.131. The molecule has 2 heterocycles. The maximum Gasteiger partial charge on any atom is 0.351 e. The lowest BCUT2D eigenvalue weighted by Gasteiger charge is -2.28. The van der Waals surface area contributed by atoms with E-state index in [-0.39, 0.29) is 28.0 Å². The Morgan fingerprint density at radius 2 is 2.23 bits per heavy atom. The summed E-state index contributed by atoms with van der Waals surface area (Å²) in [4.78, 5) is 43.7. The number of carboxylic acid groups (broad SMARTS) is 2. The number of aliphatic carboxylic acids is 2. The molecule has 1 amide bonds. The molecule has 1 aliphatic heterocycles. The zero-order valence-corrected chi connectivity index (χ0v) is 15.0. The number of hydrogen-bond acceptors (Lipinski definition) is 10. The smallest absolute Gasteiger partial charge is 0.351 e. The first-order valence-electron chi connectivity index (χ1n) is 7.01. The van der Waals surface area contributed by atoms with Gasteiger partial charge in [-0.15, -0.1) is 23.1 Å². The van der Waals surface area contributed by atoms with Crippen molar-refractivity contribution in [3.8, 4) is 0 Å². The second-order valence-corrected chi connectivity index (χ2v) is 6.87. The second-order valence-electron chi connectivity index (χ2n) is 4.80. The SMILES string of the molecule is CO/N=C(\C(=O)N[C@@H](C(=O)O)[C@@H]1NC(C(=O)O)=CCS1)c1csc(N)n1. The van der Waals surface area contributed by atoms with Crippen LogP contribution in [0.2, 0.25) is 0 Å². The third kappa shape index (κ3) is 4.64. The number of carbonyl (C=O) groups excluding carboxylic acids is 1. The number of hydrogen-bond donors (Lipinski definition) is 5. The van der Waals surface area contributed by atoms with Gasteiger partial charge in [0.05, 0.1) is 0 Å². The predicted octanol–water partition coefficient (Wildman–Crippen LogP) is -0.724. The number of aromatic nitrogens is 1. The molecule has 1 aromatic heterocycles. The van der Waals surface area contributed by atoms with E-state index in [4.69, 9.17) is 10.8 Å². The van der Waals surface area contributed by atoms with Crippen LogP contribution in [-0.4, -0.2) is 63.0 Å². The van der Waals surface area contributed by atoms with Crippen LogP contribution in [0.15, 0.2) is 22.3 Å². The number of nitrogen functional groups attached to an aromatic ring is 1. The van der Waals surface area contributed by atoms with Gasteiger partial charge in [-0.3, -0.25) is 4.79 Å². The van der Waals surface area contributed by atoms with Crippen molar-refractivity contribution >= 4 is 51.8 Å². The number of thiazole rings is 1. The van der Waals surface area contributed by atoms with Gasteiger partial charge in [0, 0.05) is 11.1 Å². The van der Waals surface area contributed by atoms with Gasteiger partial charge in [-0.1, -0.05) is 5.16 Å². The molecular weight excluding hydrogens is 386 g/mol. The van der Waals surface area contributed by atoms with E-state index in [0.717, 1.165) is 23.1 Å². The van der Waals surface area contributed by atoms with E-state index in [1.165, 1.54) is 18.6 Å². The Morgan fingerprint density at radius 1 is 1.50 bits per heavy atom. The Balaban J connectivity index is 2.19. The van der Waals surface area contributed by atoms with E-state index in [1.807, 2.05) is 0 Å². The molecule has 0 radical (unpaired) electrons. The van der Waals surface area contributed by atoms with Crippen LogP contribution in [0.3, 0.4) is 0 Å². The molecule has 1 aromatic rings. The van der Waals surface area contributed by atoms with Crippen LogP contribution in [0.25, 0.3) is 0 Å². The normalized spacial score (nSPS) is 18.3. The molecule has 13 heteroatoms. The highest BCUT2D eigenvalue weighted by Crippen LogP contribution is 2.20. The number of nitrogens with one attached hydrogen (secondary N) is 2. The molecular formula is C13H15N5O6S2. The molecule has 2 atom stereocenters. The molecule has 0 saturated carbocycles. The van der Waals surface area contributed by atoms with Gasteiger partial charge in [0.2, 0.25) is 0 Å². The summed E-state index contributed by atoms with van der Waals surface area (Å²) in [6.07, 6.45) is 1.42. The summed E-state index contributed by atoms with van der Waals surface area (Å²) in [5.41, 5.74) is 5.28. The first-order chi connectivity index (χ1) is 12.3. The highest BCUT2D eigenvalue weighted by molar-refractivity contribution is 8.00. The maximum atomic E-state index is 12.5. The van der Waals surface area contributed by atoms with Gasteiger partial charge in [-0.25, -0.2) is 14.6 Å². The topological polar surface area (TPSA) is 176 Å². The lowest BCUT2D eigenvalue weighted by Crippen LogP contribution is -2.55. The molecule has 0 spiro atoms.